The predicted molar refractivity (Wildman–Crippen MR) is 124 cm³/mol. The highest BCUT2D eigenvalue weighted by atomic mass is 79.9. The van der Waals surface area contributed by atoms with Gasteiger partial charge in [-0.15, -0.1) is 16.8 Å². The molecule has 10 heteroatoms. The van der Waals surface area contributed by atoms with Crippen LogP contribution in [0.1, 0.15) is 17.0 Å². The number of allylic oxidation sites excluding steroid dienone is 1. The van der Waals surface area contributed by atoms with Gasteiger partial charge in [-0.1, -0.05) is 30.0 Å². The lowest BCUT2D eigenvalue weighted by Gasteiger charge is -2.12. The average Bonchev–Trinajstić information content (AvgIpc) is 3.12. The number of aryl methyl sites for hydroxylation is 1. The molecule has 1 aromatic heterocycles. The molecule has 0 bridgehead atoms. The van der Waals surface area contributed by atoms with Gasteiger partial charge < -0.3 is 10.1 Å². The van der Waals surface area contributed by atoms with Gasteiger partial charge in [0.15, 0.2) is 16.8 Å². The molecule has 0 aliphatic rings. The minimum Gasteiger partial charge on any atom is -0.485 e. The molecule has 32 heavy (non-hydrogen) atoms. The molecule has 0 spiro atoms. The first-order chi connectivity index (χ1) is 15.3. The third-order valence-corrected chi connectivity index (χ3v) is 6.21. The van der Waals surface area contributed by atoms with Crippen LogP contribution in [0.5, 0.6) is 5.75 Å². The summed E-state index contributed by atoms with van der Waals surface area (Å²) in [6.45, 7) is 8.39. The van der Waals surface area contributed by atoms with Crippen molar-refractivity contribution in [2.75, 3.05) is 11.1 Å². The Morgan fingerprint density at radius 3 is 2.81 bits per heavy atom. The van der Waals surface area contributed by atoms with Crippen molar-refractivity contribution < 1.29 is 18.3 Å². The molecule has 1 N–H and O–H groups in total. The SMILES string of the molecule is C=CCn1c(COc2cccc(C)c2C)nnc1SCC(=O)Nc1c(F)cc(F)cc1Br. The first-order valence-corrected chi connectivity index (χ1v) is 11.4. The molecule has 1 amide bonds. The summed E-state index contributed by atoms with van der Waals surface area (Å²) in [4.78, 5) is 12.3. The Hall–Kier alpha value is -2.72. The van der Waals surface area contributed by atoms with Gasteiger partial charge in [0.25, 0.3) is 0 Å². The summed E-state index contributed by atoms with van der Waals surface area (Å²) in [6, 6.07) is 7.61. The van der Waals surface area contributed by atoms with E-state index in [-0.39, 0.29) is 22.5 Å². The summed E-state index contributed by atoms with van der Waals surface area (Å²) < 4.78 is 35.0. The molecule has 168 valence electrons. The van der Waals surface area contributed by atoms with E-state index in [1.165, 1.54) is 0 Å². The molecule has 1 heterocycles. The van der Waals surface area contributed by atoms with Crippen LogP contribution in [0, 0.1) is 25.5 Å². The number of ether oxygens (including phenoxy) is 1. The number of benzene rings is 2. The molecule has 3 rings (SSSR count). The number of rotatable bonds is 9. The van der Waals surface area contributed by atoms with Crippen LogP contribution in [0.2, 0.25) is 0 Å². The zero-order chi connectivity index (χ0) is 23.3. The molecule has 0 aliphatic carbocycles. The summed E-state index contributed by atoms with van der Waals surface area (Å²) in [5.41, 5.74) is 2.06. The number of carbonyl (C=O) groups excluding carboxylic acids is 1. The van der Waals surface area contributed by atoms with Crippen molar-refractivity contribution in [3.8, 4) is 5.75 Å². The van der Waals surface area contributed by atoms with Crippen molar-refractivity contribution in [1.29, 1.82) is 0 Å². The van der Waals surface area contributed by atoms with E-state index in [1.807, 2.05) is 32.0 Å². The van der Waals surface area contributed by atoms with Crippen LogP contribution >= 0.6 is 27.7 Å². The monoisotopic (exact) mass is 522 g/mol. The second-order valence-corrected chi connectivity index (χ2v) is 8.66. The molecule has 0 radical (unpaired) electrons. The Balaban J connectivity index is 1.67. The third kappa shape index (κ3) is 5.74. The molecule has 0 unspecified atom stereocenters. The van der Waals surface area contributed by atoms with Gasteiger partial charge in [-0.2, -0.15) is 0 Å². The van der Waals surface area contributed by atoms with E-state index in [0.29, 0.717) is 23.6 Å². The van der Waals surface area contributed by atoms with Gasteiger partial charge in [-0.05, 0) is 53.0 Å². The number of hydrogen-bond donors (Lipinski definition) is 1. The molecule has 6 nitrogen and oxygen atoms in total. The highest BCUT2D eigenvalue weighted by Gasteiger charge is 2.17. The lowest BCUT2D eigenvalue weighted by Crippen LogP contribution is -2.16. The van der Waals surface area contributed by atoms with E-state index in [4.69, 9.17) is 4.74 Å². The molecule has 0 fully saturated rings. The summed E-state index contributed by atoms with van der Waals surface area (Å²) in [6.07, 6.45) is 1.69. The fourth-order valence-electron chi connectivity index (χ4n) is 2.84. The minimum atomic E-state index is -0.865. The van der Waals surface area contributed by atoms with Gasteiger partial charge >= 0.3 is 0 Å². The number of amides is 1. The van der Waals surface area contributed by atoms with E-state index in [1.54, 1.807) is 10.6 Å². The summed E-state index contributed by atoms with van der Waals surface area (Å²) in [7, 11) is 0. The average molecular weight is 523 g/mol. The van der Waals surface area contributed by atoms with Gasteiger partial charge in [0.1, 0.15) is 18.2 Å². The molecule has 3 aromatic rings. The fraction of sp³-hybridized carbons (Fsp3) is 0.227. The molecule has 0 atom stereocenters. The Labute approximate surface area is 197 Å². The Morgan fingerprint density at radius 2 is 2.09 bits per heavy atom. The molecule has 0 aliphatic heterocycles. The van der Waals surface area contributed by atoms with Crippen LogP contribution in [0.15, 0.2) is 52.6 Å². The van der Waals surface area contributed by atoms with Crippen LogP contribution in [0.25, 0.3) is 0 Å². The van der Waals surface area contributed by atoms with E-state index >= 15 is 0 Å². The van der Waals surface area contributed by atoms with Crippen molar-refractivity contribution in [3.05, 3.63) is 76.0 Å². The van der Waals surface area contributed by atoms with Crippen LogP contribution < -0.4 is 10.1 Å². The smallest absolute Gasteiger partial charge is 0.234 e. The molecule has 0 saturated carbocycles. The minimum absolute atomic E-state index is 0.0453. The van der Waals surface area contributed by atoms with Gasteiger partial charge in [0.05, 0.1) is 11.4 Å². The van der Waals surface area contributed by atoms with Crippen molar-refractivity contribution in [1.82, 2.24) is 14.8 Å². The van der Waals surface area contributed by atoms with Crippen LogP contribution in [0.4, 0.5) is 14.5 Å². The van der Waals surface area contributed by atoms with Gasteiger partial charge in [0, 0.05) is 17.1 Å². The van der Waals surface area contributed by atoms with Crippen molar-refractivity contribution >= 4 is 39.3 Å². The van der Waals surface area contributed by atoms with E-state index in [0.717, 1.165) is 34.7 Å². The third-order valence-electron chi connectivity index (χ3n) is 4.62. The largest absolute Gasteiger partial charge is 0.485 e. The maximum atomic E-state index is 13.9. The second-order valence-electron chi connectivity index (χ2n) is 6.87. The fourth-order valence-corrected chi connectivity index (χ4v) is 4.11. The van der Waals surface area contributed by atoms with Crippen LogP contribution in [0.3, 0.4) is 0 Å². The standard InChI is InChI=1S/C22H21BrF2N4O2S/c1-4-8-29-19(11-31-18-7-5-6-13(2)14(18)3)27-28-22(29)32-12-20(30)26-21-16(23)9-15(24)10-17(21)25/h4-7,9-10H,1,8,11-12H2,2-3H3,(H,26,30). The van der Waals surface area contributed by atoms with Crippen molar-refractivity contribution in [3.63, 3.8) is 0 Å². The molecular formula is C22H21BrF2N4O2S. The second kappa shape index (κ2) is 10.7. The van der Waals surface area contributed by atoms with E-state index in [9.17, 15) is 13.6 Å². The van der Waals surface area contributed by atoms with Gasteiger partial charge in [-0.3, -0.25) is 9.36 Å². The molecule has 2 aromatic carbocycles. The van der Waals surface area contributed by atoms with Crippen molar-refractivity contribution in [2.24, 2.45) is 0 Å². The van der Waals surface area contributed by atoms with Crippen LogP contribution in [-0.2, 0) is 17.9 Å². The normalized spacial score (nSPS) is 10.8. The van der Waals surface area contributed by atoms with Gasteiger partial charge in [-0.25, -0.2) is 8.78 Å². The Kier molecular flexibility index (Phi) is 8.03. The lowest BCUT2D eigenvalue weighted by atomic mass is 10.1. The number of nitrogens with one attached hydrogen (secondary N) is 1. The number of halogens is 3. The predicted octanol–water partition coefficient (Wildman–Crippen LogP) is 5.43. The summed E-state index contributed by atoms with van der Waals surface area (Å²) >= 11 is 4.19. The number of nitrogens with zero attached hydrogens (tertiary/aromatic N) is 3. The Bertz CT molecular complexity index is 1130. The number of anilines is 1. The van der Waals surface area contributed by atoms with E-state index in [2.05, 4.69) is 38.0 Å². The highest BCUT2D eigenvalue weighted by Crippen LogP contribution is 2.28. The highest BCUT2D eigenvalue weighted by molar-refractivity contribution is 9.10. The topological polar surface area (TPSA) is 69.0 Å². The maximum absolute atomic E-state index is 13.9. The number of thioether (sulfide) groups is 1. The number of hydrogen-bond acceptors (Lipinski definition) is 5. The number of carbonyl (C=O) groups is 1. The summed E-state index contributed by atoms with van der Waals surface area (Å²) in [5, 5.41) is 11.3. The first-order valence-electron chi connectivity index (χ1n) is 9.59. The zero-order valence-electron chi connectivity index (χ0n) is 17.5. The molecule has 0 saturated heterocycles. The Morgan fingerprint density at radius 1 is 1.31 bits per heavy atom. The number of aromatic nitrogens is 3. The maximum Gasteiger partial charge on any atom is 0.234 e. The van der Waals surface area contributed by atoms with Crippen LogP contribution in [-0.4, -0.2) is 26.4 Å². The first kappa shape index (κ1) is 23.9. The zero-order valence-corrected chi connectivity index (χ0v) is 19.9. The van der Waals surface area contributed by atoms with Gasteiger partial charge in [0.2, 0.25) is 5.91 Å². The lowest BCUT2D eigenvalue weighted by molar-refractivity contribution is -0.113. The quantitative estimate of drug-likeness (QED) is 0.299. The van der Waals surface area contributed by atoms with E-state index < -0.39 is 17.5 Å². The van der Waals surface area contributed by atoms with Crippen molar-refractivity contribution in [2.45, 2.75) is 32.2 Å². The molecular weight excluding hydrogens is 502 g/mol. The summed E-state index contributed by atoms with van der Waals surface area (Å²) in [5.74, 6) is -0.774.